The first-order chi connectivity index (χ1) is 17.7. The number of benzene rings is 1. The van der Waals surface area contributed by atoms with Crippen molar-refractivity contribution < 1.29 is 64.5 Å². The number of amides is 1. The number of nitrogens with one attached hydrogen (secondary N) is 1. The van der Waals surface area contributed by atoms with E-state index in [1.807, 2.05) is 20.8 Å². The van der Waals surface area contributed by atoms with E-state index in [0.29, 0.717) is 10.5 Å². The van der Waals surface area contributed by atoms with Crippen LogP contribution in [0, 0.1) is 13.2 Å². The molecular weight excluding hydrogens is 693 g/mol. The molecule has 1 aromatic heterocycles. The third-order valence-electron chi connectivity index (χ3n) is 6.30. The van der Waals surface area contributed by atoms with Crippen molar-refractivity contribution in [3.8, 4) is 11.7 Å². The molecule has 1 N–H and O–H groups in total. The molecule has 1 aliphatic rings. The van der Waals surface area contributed by atoms with E-state index in [0.717, 1.165) is 24.2 Å². The Labute approximate surface area is 246 Å². The van der Waals surface area contributed by atoms with Gasteiger partial charge in [0.15, 0.2) is 0 Å². The fourth-order valence-corrected chi connectivity index (χ4v) is 4.87. The van der Waals surface area contributed by atoms with Crippen LogP contribution in [-0.2, 0) is 61.4 Å². The number of hydrogen-bond acceptors (Lipinski definition) is 6. The van der Waals surface area contributed by atoms with Crippen LogP contribution in [0.3, 0.4) is 0 Å². The van der Waals surface area contributed by atoms with Crippen molar-refractivity contribution in [1.29, 1.82) is 0 Å². The maximum absolute atomic E-state index is 12.6. The molecule has 1 aliphatic carbocycles. The average molecular weight is 730 g/mol. The zero-order valence-corrected chi connectivity index (χ0v) is 27.9. The van der Waals surface area contributed by atoms with Gasteiger partial charge in [0.2, 0.25) is 0 Å². The summed E-state index contributed by atoms with van der Waals surface area (Å²) in [5.41, 5.74) is 4.15. The van der Waals surface area contributed by atoms with Gasteiger partial charge in [0.25, 0.3) is 0 Å². The van der Waals surface area contributed by atoms with Gasteiger partial charge in [-0.15, -0.1) is 0 Å². The van der Waals surface area contributed by atoms with Gasteiger partial charge in [-0.05, 0) is 18.3 Å². The van der Waals surface area contributed by atoms with Gasteiger partial charge in [-0.25, -0.2) is 0 Å². The molecule has 9 heteroatoms. The molecule has 0 aliphatic heterocycles. The van der Waals surface area contributed by atoms with Gasteiger partial charge in [-0.1, -0.05) is 27.7 Å². The van der Waals surface area contributed by atoms with Crippen molar-refractivity contribution in [2.75, 3.05) is 14.2 Å². The van der Waals surface area contributed by atoms with Gasteiger partial charge in [-0.2, -0.15) is 0 Å². The van der Waals surface area contributed by atoms with Crippen molar-refractivity contribution in [3.63, 3.8) is 0 Å². The molecule has 38 heavy (non-hydrogen) atoms. The predicted octanol–water partition coefficient (Wildman–Crippen LogP) is 5.67. The molecule has 0 atom stereocenters. The number of ether oxygens (including phenoxy) is 4. The Morgan fingerprint density at radius 3 is 2.21 bits per heavy atom. The fraction of sp³-hybridized carbons (Fsp3) is 0.483. The number of rotatable bonds is 9. The molecule has 7 nitrogen and oxygen atoms in total. The Balaban J connectivity index is 0.000000757. The van der Waals surface area contributed by atoms with E-state index in [2.05, 4.69) is 73.0 Å². The first-order valence-electron chi connectivity index (χ1n) is 12.3. The standard InChI is InChI=1S/C25H30NO5.C4H7O.V.W/c1-16-12-18-19(25(4,5)11-10-24(18,2)3)13-21(16)31-22-9-8-20(30-22)23(27)26-17(14-28-6)15-29-7;1-4(2)5-3;;/h8-9,12-13H,10-11H2,1-7H3,(H,26,27);4H,1-2H3;;/q2*-1;;. The minimum atomic E-state index is -0.468. The van der Waals surface area contributed by atoms with Crippen LogP contribution >= 0.6 is 0 Å². The van der Waals surface area contributed by atoms with Gasteiger partial charge in [-0.3, -0.25) is 0 Å². The summed E-state index contributed by atoms with van der Waals surface area (Å²) >= 11 is 3.44. The summed E-state index contributed by atoms with van der Waals surface area (Å²) in [5.74, 6) is 0.606. The van der Waals surface area contributed by atoms with Crippen LogP contribution in [0.5, 0.6) is 11.7 Å². The zero-order chi connectivity index (χ0) is 28.7. The molecule has 0 spiro atoms. The molecule has 0 unspecified atom stereocenters. The minimum absolute atomic E-state index is 0.0691. The summed E-state index contributed by atoms with van der Waals surface area (Å²) in [4.78, 5) is 12.6. The molecule has 1 aromatic carbocycles. The number of carbonyl (C=O) groups is 1. The molecule has 0 saturated carbocycles. The molecule has 1 heterocycles. The first kappa shape index (κ1) is 32.5. The van der Waals surface area contributed by atoms with E-state index in [9.17, 15) is 4.79 Å². The van der Waals surface area contributed by atoms with Crippen molar-refractivity contribution in [2.24, 2.45) is 0 Å². The predicted molar refractivity (Wildman–Crippen MR) is 140 cm³/mol. The van der Waals surface area contributed by atoms with E-state index >= 15 is 0 Å². The van der Waals surface area contributed by atoms with Crippen molar-refractivity contribution in [1.82, 2.24) is 5.32 Å². The molecule has 0 bridgehead atoms. The van der Waals surface area contributed by atoms with Crippen LogP contribution in [0.15, 0.2) is 34.4 Å². The van der Waals surface area contributed by atoms with Gasteiger partial charge in [0.1, 0.15) is 0 Å². The van der Waals surface area contributed by atoms with Crippen molar-refractivity contribution in [2.45, 2.75) is 78.2 Å². The summed E-state index contributed by atoms with van der Waals surface area (Å²) in [6.07, 6.45) is 5.14. The SMILES string of the molecule is CC(C)O[C-]=[W].CO[C-]=C(NC(=O)c1ccc(Oc2cc3c(cc2C)C(C)(C)CCC3(C)C)o1)[C](=[V])OC. The fourth-order valence-electron chi connectivity index (χ4n) is 4.02. The Kier molecular flexibility index (Phi) is 12.0. The van der Waals surface area contributed by atoms with Crippen LogP contribution in [0.1, 0.15) is 81.6 Å². The van der Waals surface area contributed by atoms with E-state index in [1.54, 1.807) is 12.1 Å². The van der Waals surface area contributed by atoms with Gasteiger partial charge in [0.05, 0.1) is 0 Å². The summed E-state index contributed by atoms with van der Waals surface area (Å²) in [5, 5.41) is 2.65. The number of aryl methyl sites for hydroxylation is 1. The monoisotopic (exact) mass is 730 g/mol. The average Bonchev–Trinajstić information content (AvgIpc) is 3.31. The Bertz CT molecular complexity index is 1180. The molecule has 3 rings (SSSR count). The van der Waals surface area contributed by atoms with Crippen LogP contribution in [0.2, 0.25) is 0 Å². The van der Waals surface area contributed by atoms with Crippen LogP contribution in [0.4, 0.5) is 0 Å². The zero-order valence-electron chi connectivity index (χ0n) is 23.6. The normalized spacial score (nSPS) is 15.6. The van der Waals surface area contributed by atoms with Crippen molar-refractivity contribution >= 4 is 14.9 Å². The number of furan rings is 1. The number of hydrogen-bond donors (Lipinski definition) is 1. The Hall–Kier alpha value is -1.76. The summed E-state index contributed by atoms with van der Waals surface area (Å²) in [7, 11) is 2.92. The Morgan fingerprint density at radius 1 is 1.11 bits per heavy atom. The topological polar surface area (TPSA) is 79.2 Å². The van der Waals surface area contributed by atoms with E-state index < -0.39 is 5.91 Å². The molecule has 1 amide bonds. The van der Waals surface area contributed by atoms with Crippen molar-refractivity contribution in [3.05, 3.63) is 58.7 Å². The molecule has 0 radical (unpaired) electrons. The second-order valence-corrected chi connectivity index (χ2v) is 11.8. The van der Waals surface area contributed by atoms with Gasteiger partial charge in [0, 0.05) is 0 Å². The van der Waals surface area contributed by atoms with Crippen LogP contribution in [0.25, 0.3) is 0 Å². The quantitative estimate of drug-likeness (QED) is 0.265. The molecule has 207 valence electrons. The summed E-state index contributed by atoms with van der Waals surface area (Å²) in [6.45, 7) is 15.1. The van der Waals surface area contributed by atoms with Crippen LogP contribution in [-0.4, -0.2) is 35.2 Å². The third kappa shape index (κ3) is 8.62. The molecule has 0 saturated heterocycles. The maximum atomic E-state index is 12.6. The second-order valence-electron chi connectivity index (χ2n) is 10.5. The summed E-state index contributed by atoms with van der Waals surface area (Å²) < 4.78 is 29.6. The van der Waals surface area contributed by atoms with Gasteiger partial charge < -0.3 is 0 Å². The van der Waals surface area contributed by atoms with E-state index in [-0.39, 0.29) is 28.2 Å². The van der Waals surface area contributed by atoms with Gasteiger partial charge >= 0.3 is 202 Å². The first-order valence-corrected chi connectivity index (χ1v) is 14.5. The number of methoxy groups -OCH3 is 2. The molecule has 0 fully saturated rings. The number of fused-ring (bicyclic) bond motifs is 1. The number of carbonyl (C=O) groups excluding carboxylic acids is 1. The van der Waals surface area contributed by atoms with E-state index in [1.165, 1.54) is 44.7 Å². The third-order valence-corrected chi connectivity index (χ3v) is 7.28. The molecule has 2 aromatic rings. The summed E-state index contributed by atoms with van der Waals surface area (Å²) in [6, 6.07) is 7.54. The Morgan fingerprint density at radius 2 is 1.71 bits per heavy atom. The second kappa shape index (κ2) is 14.0. The van der Waals surface area contributed by atoms with Crippen LogP contribution < -0.4 is 10.1 Å². The van der Waals surface area contributed by atoms with E-state index in [4.69, 9.17) is 23.4 Å². The molecular formula is C29H37NO6VW-2.